The van der Waals surface area contributed by atoms with Gasteiger partial charge in [-0.3, -0.25) is 10.0 Å². The molecule has 3 nitrogen and oxygen atoms in total. The molecule has 0 aromatic heterocycles. The van der Waals surface area contributed by atoms with Gasteiger partial charge in [-0.05, 0) is 17.5 Å². The molecule has 1 fully saturated rings. The van der Waals surface area contributed by atoms with Gasteiger partial charge in [-0.15, -0.1) is 0 Å². The number of rotatable bonds is 5. The maximum absolute atomic E-state index is 6.14. The number of nitrogens with zero attached hydrogens (tertiary/aromatic N) is 1. The second kappa shape index (κ2) is 8.50. The molecule has 2 unspecified atom stereocenters. The van der Waals surface area contributed by atoms with Crippen molar-refractivity contribution in [3.05, 3.63) is 71.8 Å². The summed E-state index contributed by atoms with van der Waals surface area (Å²) in [5.41, 5.74) is 2.59. The van der Waals surface area contributed by atoms with E-state index in [1.54, 1.807) is 0 Å². The Morgan fingerprint density at radius 2 is 1.78 bits per heavy atom. The van der Waals surface area contributed by atoms with Gasteiger partial charge in [0, 0.05) is 26.2 Å². The molecule has 1 aliphatic rings. The fourth-order valence-electron chi connectivity index (χ4n) is 3.11. The van der Waals surface area contributed by atoms with Crippen LogP contribution in [-0.2, 0) is 11.3 Å². The number of hydrogen-bond acceptors (Lipinski definition) is 4. The largest absolute Gasteiger partial charge is 0.375 e. The highest BCUT2D eigenvalue weighted by molar-refractivity contribution is 7.97. The third-order valence-corrected chi connectivity index (χ3v) is 5.12. The molecule has 2 N–H and O–H groups in total. The maximum atomic E-state index is 6.14. The summed E-state index contributed by atoms with van der Waals surface area (Å²) in [6.07, 6.45) is 1.19. The molecule has 122 valence electrons. The molecule has 0 radical (unpaired) electrons. The Kier molecular flexibility index (Phi) is 6.11. The Labute approximate surface area is 143 Å². The number of ether oxygens (including phenoxy) is 1. The van der Waals surface area contributed by atoms with E-state index in [0.717, 1.165) is 32.7 Å². The quantitative estimate of drug-likeness (QED) is 0.851. The molecule has 1 heterocycles. The molecule has 4 heteroatoms. The lowest BCUT2D eigenvalue weighted by molar-refractivity contribution is 0.0517. The van der Waals surface area contributed by atoms with Crippen LogP contribution in [0.4, 0.5) is 0 Å². The van der Waals surface area contributed by atoms with Crippen LogP contribution in [0.2, 0.25) is 0 Å². The van der Waals surface area contributed by atoms with Gasteiger partial charge < -0.3 is 4.74 Å². The maximum Gasteiger partial charge on any atom is 0.0873 e. The summed E-state index contributed by atoms with van der Waals surface area (Å²) in [7, 11) is 0. The van der Waals surface area contributed by atoms with Crippen molar-refractivity contribution in [2.45, 2.75) is 24.3 Å². The van der Waals surface area contributed by atoms with Gasteiger partial charge >= 0.3 is 0 Å². The van der Waals surface area contributed by atoms with E-state index in [2.05, 4.69) is 59.5 Å². The summed E-state index contributed by atoms with van der Waals surface area (Å²) in [4.78, 5) is 2.49. The summed E-state index contributed by atoms with van der Waals surface area (Å²) < 4.78 is 6.14. The number of hydrogen-bond donors (Lipinski definition) is 1. The summed E-state index contributed by atoms with van der Waals surface area (Å²) in [5, 5.41) is 6.18. The zero-order chi connectivity index (χ0) is 15.9. The Hall–Kier alpha value is -1.33. The van der Waals surface area contributed by atoms with E-state index in [9.17, 15) is 0 Å². The summed E-state index contributed by atoms with van der Waals surface area (Å²) in [6.45, 7) is 3.76. The topological polar surface area (TPSA) is 38.5 Å². The van der Waals surface area contributed by atoms with Gasteiger partial charge in [0.1, 0.15) is 0 Å². The van der Waals surface area contributed by atoms with Crippen molar-refractivity contribution >= 4 is 11.9 Å². The molecule has 2 aromatic carbocycles. The molecule has 0 amide bonds. The molecule has 0 bridgehead atoms. The van der Waals surface area contributed by atoms with Gasteiger partial charge in [-0.2, -0.15) is 0 Å². The molecule has 1 saturated heterocycles. The molecular formula is C19H24N2OS. The third kappa shape index (κ3) is 4.58. The Morgan fingerprint density at radius 1 is 1.09 bits per heavy atom. The first-order valence-corrected chi connectivity index (χ1v) is 9.09. The summed E-state index contributed by atoms with van der Waals surface area (Å²) in [5.74, 6) is 0. The van der Waals surface area contributed by atoms with Crippen molar-refractivity contribution in [2.75, 3.05) is 19.7 Å². The molecule has 0 spiro atoms. The zero-order valence-corrected chi connectivity index (χ0v) is 14.1. The third-order valence-electron chi connectivity index (χ3n) is 4.25. The van der Waals surface area contributed by atoms with Crippen LogP contribution in [0, 0.1) is 0 Å². The number of benzene rings is 2. The molecule has 1 aliphatic heterocycles. The van der Waals surface area contributed by atoms with Crippen LogP contribution < -0.4 is 5.14 Å². The monoisotopic (exact) mass is 328 g/mol. The van der Waals surface area contributed by atoms with Crippen LogP contribution in [0.1, 0.15) is 22.8 Å². The summed E-state index contributed by atoms with van der Waals surface area (Å²) in [6, 6.07) is 21.1. The lowest BCUT2D eigenvalue weighted by Crippen LogP contribution is -2.34. The molecule has 2 aromatic rings. The number of nitrogens with two attached hydrogens (primary N) is 1. The molecule has 3 rings (SSSR count). The van der Waals surface area contributed by atoms with Gasteiger partial charge in [0.05, 0.1) is 11.4 Å². The van der Waals surface area contributed by atoms with Crippen molar-refractivity contribution < 1.29 is 4.74 Å². The van der Waals surface area contributed by atoms with Gasteiger partial charge in [0.15, 0.2) is 0 Å². The average Bonchev–Trinajstić information content (AvgIpc) is 2.83. The highest BCUT2D eigenvalue weighted by atomic mass is 32.2. The van der Waals surface area contributed by atoms with E-state index >= 15 is 0 Å². The normalized spacial score (nSPS) is 20.8. The van der Waals surface area contributed by atoms with Crippen LogP contribution in [0.25, 0.3) is 0 Å². The smallest absolute Gasteiger partial charge is 0.0873 e. The predicted octanol–water partition coefficient (Wildman–Crippen LogP) is 3.63. The molecular weight excluding hydrogens is 304 g/mol. The van der Waals surface area contributed by atoms with E-state index < -0.39 is 0 Å². The van der Waals surface area contributed by atoms with Crippen molar-refractivity contribution in [2.24, 2.45) is 5.14 Å². The van der Waals surface area contributed by atoms with E-state index in [-0.39, 0.29) is 11.4 Å². The minimum absolute atomic E-state index is 0.124. The summed E-state index contributed by atoms with van der Waals surface area (Å²) >= 11 is 1.40. The molecule has 23 heavy (non-hydrogen) atoms. The zero-order valence-electron chi connectivity index (χ0n) is 13.3. The van der Waals surface area contributed by atoms with Crippen molar-refractivity contribution in [1.29, 1.82) is 0 Å². The lowest BCUT2D eigenvalue weighted by atomic mass is 10.1. The van der Waals surface area contributed by atoms with Crippen LogP contribution in [-0.4, -0.2) is 30.7 Å². The van der Waals surface area contributed by atoms with E-state index in [4.69, 9.17) is 9.88 Å². The second-order valence-corrected chi connectivity index (χ2v) is 6.73. The van der Waals surface area contributed by atoms with Crippen molar-refractivity contribution in [3.63, 3.8) is 0 Å². The van der Waals surface area contributed by atoms with E-state index in [1.165, 1.54) is 23.1 Å². The first kappa shape index (κ1) is 16.5. The highest BCUT2D eigenvalue weighted by Crippen LogP contribution is 2.31. The van der Waals surface area contributed by atoms with Crippen LogP contribution in [0.3, 0.4) is 0 Å². The first-order chi connectivity index (χ1) is 11.4. The Bertz CT molecular complexity index is 578. The SMILES string of the molecule is NSC(c1ccccc1)C1CN(Cc2ccccc2)CCCO1. The second-order valence-electron chi connectivity index (χ2n) is 5.95. The van der Waals surface area contributed by atoms with Gasteiger partial charge in [0.2, 0.25) is 0 Å². The molecule has 2 atom stereocenters. The standard InChI is InChI=1S/C19H24N2OS/c20-23-19(17-10-5-2-6-11-17)18-15-21(12-7-13-22-18)14-16-8-3-1-4-9-16/h1-6,8-11,18-19H,7,12-15,20H2. The minimum Gasteiger partial charge on any atom is -0.375 e. The van der Waals surface area contributed by atoms with Gasteiger partial charge in [-0.1, -0.05) is 72.6 Å². The highest BCUT2D eigenvalue weighted by Gasteiger charge is 2.28. The molecule has 0 saturated carbocycles. The van der Waals surface area contributed by atoms with E-state index in [0.29, 0.717) is 0 Å². The lowest BCUT2D eigenvalue weighted by Gasteiger charge is -2.28. The van der Waals surface area contributed by atoms with Crippen LogP contribution >= 0.6 is 11.9 Å². The fourth-order valence-corrected chi connectivity index (χ4v) is 3.77. The van der Waals surface area contributed by atoms with Crippen LogP contribution in [0.5, 0.6) is 0 Å². The Balaban J connectivity index is 1.71. The van der Waals surface area contributed by atoms with Crippen molar-refractivity contribution in [1.82, 2.24) is 4.90 Å². The van der Waals surface area contributed by atoms with E-state index in [1.807, 2.05) is 6.07 Å². The minimum atomic E-state index is 0.124. The molecule has 0 aliphatic carbocycles. The van der Waals surface area contributed by atoms with Gasteiger partial charge in [-0.25, -0.2) is 0 Å². The fraction of sp³-hybridized carbons (Fsp3) is 0.368. The Morgan fingerprint density at radius 3 is 2.48 bits per heavy atom. The van der Waals surface area contributed by atoms with Crippen molar-refractivity contribution in [3.8, 4) is 0 Å². The van der Waals surface area contributed by atoms with Crippen LogP contribution in [0.15, 0.2) is 60.7 Å². The van der Waals surface area contributed by atoms with Gasteiger partial charge in [0.25, 0.3) is 0 Å². The average molecular weight is 328 g/mol. The first-order valence-electron chi connectivity index (χ1n) is 8.15. The predicted molar refractivity (Wildman–Crippen MR) is 97.0 cm³/mol.